The van der Waals surface area contributed by atoms with E-state index in [1.54, 1.807) is 22.9 Å². The molecule has 0 aliphatic heterocycles. The summed E-state index contributed by atoms with van der Waals surface area (Å²) in [5.74, 6) is 0.362. The first kappa shape index (κ1) is 17.1. The molecule has 7 heteroatoms. The second kappa shape index (κ2) is 7.32. The summed E-state index contributed by atoms with van der Waals surface area (Å²) < 4.78 is 3.32. The lowest BCUT2D eigenvalue weighted by molar-refractivity contribution is 0.399. The Hall–Kier alpha value is -2.28. The lowest BCUT2D eigenvalue weighted by Gasteiger charge is -2.16. The summed E-state index contributed by atoms with van der Waals surface area (Å²) >= 11 is 5.29. The normalized spacial score (nSPS) is 11.7. The van der Waals surface area contributed by atoms with Gasteiger partial charge in [-0.25, -0.2) is 9.98 Å². The highest BCUT2D eigenvalue weighted by Gasteiger charge is 2.19. The van der Waals surface area contributed by atoms with E-state index in [0.717, 1.165) is 0 Å². The molecular weight excluding hydrogens is 312 g/mol. The molecule has 0 bridgehead atoms. The molecule has 0 radical (unpaired) electrons. The topological polar surface area (TPSA) is 72.4 Å². The number of aliphatic imine (C=N–C) groups is 1. The van der Waals surface area contributed by atoms with Gasteiger partial charge >= 0.3 is 0 Å². The molecule has 0 saturated heterocycles. The maximum absolute atomic E-state index is 12.7. The molecule has 0 aromatic carbocycles. The molecule has 23 heavy (non-hydrogen) atoms. The molecule has 0 saturated carbocycles. The molecule has 2 heterocycles. The molecule has 0 fully saturated rings. The van der Waals surface area contributed by atoms with Gasteiger partial charge in [-0.2, -0.15) is 0 Å². The van der Waals surface area contributed by atoms with Crippen molar-refractivity contribution in [1.29, 1.82) is 0 Å². The summed E-state index contributed by atoms with van der Waals surface area (Å²) in [4.78, 5) is 21.3. The van der Waals surface area contributed by atoms with Crippen LogP contribution >= 0.6 is 12.2 Å². The fourth-order valence-electron chi connectivity index (χ4n) is 2.38. The maximum Gasteiger partial charge on any atom is 0.267 e. The molecule has 0 amide bonds. The number of aromatic hydroxyl groups is 1. The first-order valence-electron chi connectivity index (χ1n) is 7.60. The van der Waals surface area contributed by atoms with Gasteiger partial charge in [0.2, 0.25) is 5.88 Å². The second-order valence-corrected chi connectivity index (χ2v) is 5.24. The zero-order valence-electron chi connectivity index (χ0n) is 13.5. The molecule has 2 aromatic heterocycles. The van der Waals surface area contributed by atoms with Gasteiger partial charge in [0.25, 0.3) is 5.56 Å². The smallest absolute Gasteiger partial charge is 0.267 e. The lowest BCUT2D eigenvalue weighted by atomic mass is 10.1. The predicted molar refractivity (Wildman–Crippen MR) is 93.3 cm³/mol. The Balaban J connectivity index is 2.78. The zero-order valence-corrected chi connectivity index (χ0v) is 14.3. The summed E-state index contributed by atoms with van der Waals surface area (Å²) in [5.41, 5.74) is 0.359. The van der Waals surface area contributed by atoms with E-state index in [1.807, 2.05) is 26.8 Å². The molecule has 0 spiro atoms. The molecule has 2 aromatic rings. The minimum atomic E-state index is -0.323. The van der Waals surface area contributed by atoms with Crippen molar-refractivity contribution in [3.8, 4) is 5.88 Å². The van der Waals surface area contributed by atoms with Crippen LogP contribution in [0.15, 0.2) is 34.2 Å². The Morgan fingerprint density at radius 2 is 1.96 bits per heavy atom. The fourth-order valence-corrected chi connectivity index (χ4v) is 2.80. The van der Waals surface area contributed by atoms with Crippen molar-refractivity contribution in [1.82, 2.24) is 14.1 Å². The standard InChI is InChI=1S/C16H20N4O2S/c1-4-11(18-12-9-7-8-10-17-12)13-14(21)19(5-2)16(23)20(6-3)15(13)22/h7-10,21H,4-6H2,1-3H3. The number of pyridine rings is 1. The van der Waals surface area contributed by atoms with Crippen molar-refractivity contribution >= 4 is 23.7 Å². The van der Waals surface area contributed by atoms with Crippen LogP contribution in [0.3, 0.4) is 0 Å². The molecule has 0 unspecified atom stereocenters. The summed E-state index contributed by atoms with van der Waals surface area (Å²) in [7, 11) is 0. The number of hydrogen-bond donors (Lipinski definition) is 1. The number of aromatic nitrogens is 3. The summed E-state index contributed by atoms with van der Waals surface area (Å²) in [6, 6.07) is 5.37. The minimum absolute atomic E-state index is 0.135. The molecule has 1 N–H and O–H groups in total. The van der Waals surface area contributed by atoms with Gasteiger partial charge in [-0.1, -0.05) is 13.0 Å². The second-order valence-electron chi connectivity index (χ2n) is 4.87. The van der Waals surface area contributed by atoms with Gasteiger partial charge in [-0.3, -0.25) is 13.9 Å². The largest absolute Gasteiger partial charge is 0.494 e. The highest BCUT2D eigenvalue weighted by Crippen LogP contribution is 2.19. The lowest BCUT2D eigenvalue weighted by Crippen LogP contribution is -2.30. The van der Waals surface area contributed by atoms with Gasteiger partial charge in [-0.05, 0) is 44.6 Å². The minimum Gasteiger partial charge on any atom is -0.494 e. The zero-order chi connectivity index (χ0) is 17.0. The van der Waals surface area contributed by atoms with Crippen molar-refractivity contribution in [3.63, 3.8) is 0 Å². The molecule has 6 nitrogen and oxygen atoms in total. The average molecular weight is 332 g/mol. The maximum atomic E-state index is 12.7. The summed E-state index contributed by atoms with van der Waals surface area (Å²) in [5, 5.41) is 10.5. The summed E-state index contributed by atoms with van der Waals surface area (Å²) in [6.07, 6.45) is 2.12. The van der Waals surface area contributed by atoms with Crippen LogP contribution in [0.1, 0.15) is 32.8 Å². The summed E-state index contributed by atoms with van der Waals surface area (Å²) in [6.45, 7) is 6.50. The Labute approximate surface area is 139 Å². The van der Waals surface area contributed by atoms with Crippen molar-refractivity contribution in [2.24, 2.45) is 4.99 Å². The van der Waals surface area contributed by atoms with E-state index in [2.05, 4.69) is 9.98 Å². The van der Waals surface area contributed by atoms with Crippen molar-refractivity contribution in [2.45, 2.75) is 40.3 Å². The van der Waals surface area contributed by atoms with E-state index in [9.17, 15) is 9.90 Å². The van der Waals surface area contributed by atoms with Crippen LogP contribution in [-0.2, 0) is 13.1 Å². The van der Waals surface area contributed by atoms with Crippen molar-refractivity contribution in [3.05, 3.63) is 45.1 Å². The number of nitrogens with zero attached hydrogens (tertiary/aromatic N) is 4. The first-order valence-corrected chi connectivity index (χ1v) is 8.01. The number of hydrogen-bond acceptors (Lipinski definition) is 5. The van der Waals surface area contributed by atoms with Crippen molar-refractivity contribution < 1.29 is 5.11 Å². The van der Waals surface area contributed by atoms with Crippen LogP contribution in [0.25, 0.3) is 0 Å². The quantitative estimate of drug-likeness (QED) is 0.675. The van der Waals surface area contributed by atoms with Crippen LogP contribution in [0.4, 0.5) is 5.82 Å². The van der Waals surface area contributed by atoms with E-state index in [1.165, 1.54) is 4.57 Å². The average Bonchev–Trinajstić information content (AvgIpc) is 2.55. The van der Waals surface area contributed by atoms with Crippen LogP contribution in [0.2, 0.25) is 0 Å². The van der Waals surface area contributed by atoms with Gasteiger partial charge in [0.1, 0.15) is 5.56 Å². The van der Waals surface area contributed by atoms with Crippen LogP contribution < -0.4 is 5.56 Å². The molecule has 0 aliphatic carbocycles. The van der Waals surface area contributed by atoms with Crippen LogP contribution in [0, 0.1) is 4.77 Å². The SMILES string of the molecule is CCC(=Nc1ccccn1)c1c(O)n(CC)c(=S)n(CC)c1=O. The van der Waals surface area contributed by atoms with E-state index in [-0.39, 0.29) is 17.0 Å². The molecule has 0 atom stereocenters. The third kappa shape index (κ3) is 3.24. The van der Waals surface area contributed by atoms with Gasteiger partial charge in [0.05, 0.1) is 5.71 Å². The predicted octanol–water partition coefficient (Wildman–Crippen LogP) is 3.05. The Morgan fingerprint density at radius 3 is 2.48 bits per heavy atom. The van der Waals surface area contributed by atoms with E-state index in [0.29, 0.717) is 35.8 Å². The fraction of sp³-hybridized carbons (Fsp3) is 0.375. The third-order valence-electron chi connectivity index (χ3n) is 3.55. The van der Waals surface area contributed by atoms with Crippen molar-refractivity contribution in [2.75, 3.05) is 0 Å². The molecule has 2 rings (SSSR count). The number of rotatable bonds is 5. The highest BCUT2D eigenvalue weighted by molar-refractivity contribution is 7.71. The third-order valence-corrected chi connectivity index (χ3v) is 4.00. The molecular formula is C16H20N4O2S. The van der Waals surface area contributed by atoms with Gasteiger partial charge in [-0.15, -0.1) is 0 Å². The Morgan fingerprint density at radius 1 is 1.26 bits per heavy atom. The first-order chi connectivity index (χ1) is 11.0. The Bertz CT molecular complexity index is 838. The molecule has 0 aliphatic rings. The molecule has 122 valence electrons. The van der Waals surface area contributed by atoms with Gasteiger partial charge in [0, 0.05) is 19.3 Å². The van der Waals surface area contributed by atoms with Gasteiger partial charge < -0.3 is 5.11 Å². The highest BCUT2D eigenvalue weighted by atomic mass is 32.1. The van der Waals surface area contributed by atoms with E-state index >= 15 is 0 Å². The van der Waals surface area contributed by atoms with Crippen LogP contribution in [0.5, 0.6) is 5.88 Å². The van der Waals surface area contributed by atoms with Crippen LogP contribution in [-0.4, -0.2) is 24.9 Å². The van der Waals surface area contributed by atoms with E-state index in [4.69, 9.17) is 12.2 Å². The monoisotopic (exact) mass is 332 g/mol. The Kier molecular flexibility index (Phi) is 5.44. The van der Waals surface area contributed by atoms with Gasteiger partial charge in [0.15, 0.2) is 10.6 Å². The van der Waals surface area contributed by atoms with E-state index < -0.39 is 0 Å².